The van der Waals surface area contributed by atoms with Crippen LogP contribution in [0.25, 0.3) is 0 Å². The zero-order valence-electron chi connectivity index (χ0n) is 22.4. The molecule has 4 aromatic rings. The Kier molecular flexibility index (Phi) is 17.3. The first-order valence-electron chi connectivity index (χ1n) is 11.7. The monoisotopic (exact) mass is 726 g/mol. The van der Waals surface area contributed by atoms with Crippen LogP contribution in [0.1, 0.15) is 44.5 Å². The van der Waals surface area contributed by atoms with Crippen molar-refractivity contribution in [1.29, 1.82) is 0 Å². The molecule has 4 rings (SSSR count). The molecule has 0 fully saturated rings. The summed E-state index contributed by atoms with van der Waals surface area (Å²) in [5.74, 6) is 0. The summed E-state index contributed by atoms with van der Waals surface area (Å²) < 4.78 is 0. The van der Waals surface area contributed by atoms with E-state index in [4.69, 9.17) is 0 Å². The van der Waals surface area contributed by atoms with Gasteiger partial charge in [-0.2, -0.15) is 0 Å². The molecule has 0 saturated heterocycles. The molecule has 0 aromatic heterocycles. The number of nitrogens with zero attached hydrogens (tertiary/aromatic N) is 2. The van der Waals surface area contributed by atoms with Crippen molar-refractivity contribution in [3.05, 3.63) is 129 Å². The van der Waals surface area contributed by atoms with E-state index in [0.717, 1.165) is 22.5 Å². The van der Waals surface area contributed by atoms with Crippen molar-refractivity contribution in [2.75, 3.05) is 0 Å². The maximum absolute atomic E-state index is 4.56. The molecule has 38 heavy (non-hydrogen) atoms. The van der Waals surface area contributed by atoms with Crippen molar-refractivity contribution in [2.24, 2.45) is 9.98 Å². The van der Waals surface area contributed by atoms with Gasteiger partial charge in [0.15, 0.2) is 0 Å². The fourth-order valence-corrected chi connectivity index (χ4v) is 4.00. The van der Waals surface area contributed by atoms with Crippen LogP contribution in [0.2, 0.25) is 0 Å². The van der Waals surface area contributed by atoms with Gasteiger partial charge in [0.1, 0.15) is 0 Å². The number of hydrogen-bond acceptors (Lipinski definition) is 2. The van der Waals surface area contributed by atoms with Crippen LogP contribution < -0.4 is 0 Å². The van der Waals surface area contributed by atoms with Crippen LogP contribution in [-0.4, -0.2) is 12.4 Å². The molecule has 0 aliphatic heterocycles. The van der Waals surface area contributed by atoms with Gasteiger partial charge in [0, 0.05) is 0 Å². The van der Waals surface area contributed by atoms with Gasteiger partial charge in [-0.3, -0.25) is 0 Å². The Morgan fingerprint density at radius 2 is 0.868 bits per heavy atom. The molecule has 204 valence electrons. The molecule has 0 heterocycles. The van der Waals surface area contributed by atoms with E-state index in [9.17, 15) is 0 Å². The summed E-state index contributed by atoms with van der Waals surface area (Å²) in [4.78, 5) is 9.12. The van der Waals surface area contributed by atoms with Crippen molar-refractivity contribution < 1.29 is 36.4 Å². The van der Waals surface area contributed by atoms with Gasteiger partial charge in [0.05, 0.1) is 11.4 Å². The molecule has 0 N–H and O–H groups in total. The fourth-order valence-electron chi connectivity index (χ4n) is 4.00. The third-order valence-corrected chi connectivity index (χ3v) is 5.40. The Balaban J connectivity index is 0.000000336. The minimum atomic E-state index is 1.01. The molecule has 0 bridgehead atoms. The Morgan fingerprint density at radius 1 is 0.553 bits per heavy atom. The number of benzene rings is 4. The molecule has 0 saturated carbocycles. The van der Waals surface area contributed by atoms with E-state index >= 15 is 0 Å². The predicted molar refractivity (Wildman–Crippen MR) is 158 cm³/mol. The molecule has 4 aromatic carbocycles. The molecular weight excluding hydrogens is 696 g/mol. The van der Waals surface area contributed by atoms with Gasteiger partial charge in [-0.05, 0) is 76.2 Å². The van der Waals surface area contributed by atoms with Crippen LogP contribution in [-0.2, 0) is 36.4 Å². The standard InChI is InChI=1S/2C16H16N.2ClH.2Pd/c2*1-12-9-13(2)16(14(3)10-12)17-11-15-7-5-4-6-8-15;;;;/h2*4-7,9-11H,1-3H3;2*1H;;/q2*-1;;;2*+2/p-2. The fraction of sp³-hybridized carbons (Fsp3) is 0.188. The van der Waals surface area contributed by atoms with Gasteiger partial charge in [0.25, 0.3) is 0 Å². The summed E-state index contributed by atoms with van der Waals surface area (Å²) in [5.41, 5.74) is 11.6. The second kappa shape index (κ2) is 19.2. The van der Waals surface area contributed by atoms with Crippen molar-refractivity contribution >= 4 is 42.9 Å². The topological polar surface area (TPSA) is 24.7 Å². The molecule has 6 heteroatoms. The van der Waals surface area contributed by atoms with Crippen molar-refractivity contribution in [3.63, 3.8) is 0 Å². The molecular formula is C32H32Cl2N2Pd2. The minimum absolute atomic E-state index is 1.01. The van der Waals surface area contributed by atoms with Gasteiger partial charge in [-0.25, -0.2) is 0 Å². The van der Waals surface area contributed by atoms with Crippen LogP contribution in [0.3, 0.4) is 0 Å². The number of hydrogen-bond donors (Lipinski definition) is 0. The van der Waals surface area contributed by atoms with E-state index in [0.29, 0.717) is 0 Å². The molecule has 0 spiro atoms. The summed E-state index contributed by atoms with van der Waals surface area (Å²) in [6.07, 6.45) is 3.73. The zero-order valence-corrected chi connectivity index (χ0v) is 27.0. The molecule has 0 radical (unpaired) electrons. The Hall–Kier alpha value is -1.88. The second-order valence-corrected chi connectivity index (χ2v) is 8.65. The molecule has 0 atom stereocenters. The average molecular weight is 728 g/mol. The van der Waals surface area contributed by atoms with Gasteiger partial charge in [-0.15, -0.1) is 71.8 Å². The van der Waals surface area contributed by atoms with E-state index in [-0.39, 0.29) is 0 Å². The van der Waals surface area contributed by atoms with E-state index in [1.54, 1.807) is 0 Å². The predicted octanol–water partition coefficient (Wildman–Crippen LogP) is 9.70. The molecule has 0 unspecified atom stereocenters. The Morgan fingerprint density at radius 3 is 1.13 bits per heavy atom. The first-order valence-corrected chi connectivity index (χ1v) is 15.7. The Bertz CT molecular complexity index is 1160. The average Bonchev–Trinajstić information content (AvgIpc) is 2.91. The summed E-state index contributed by atoms with van der Waals surface area (Å²) in [6.45, 7) is 12.6. The number of rotatable bonds is 4. The number of aliphatic imine (C=N–C) groups is 2. The quantitative estimate of drug-likeness (QED) is 0.114. The van der Waals surface area contributed by atoms with Crippen molar-refractivity contribution in [2.45, 2.75) is 41.5 Å². The van der Waals surface area contributed by atoms with Crippen LogP contribution in [0, 0.1) is 53.7 Å². The first-order chi connectivity index (χ1) is 18.3. The molecule has 0 aliphatic rings. The van der Waals surface area contributed by atoms with Crippen molar-refractivity contribution in [1.82, 2.24) is 0 Å². The van der Waals surface area contributed by atoms with Gasteiger partial charge in [-0.1, -0.05) is 35.4 Å². The summed E-state index contributed by atoms with van der Waals surface area (Å²) in [6, 6.07) is 30.6. The van der Waals surface area contributed by atoms with Crippen molar-refractivity contribution in [3.8, 4) is 0 Å². The SMILES string of the molecule is Cc1cc(C)c(N=Cc2[c-]cccc2)c(C)c1.Cc1cc(C)c(N=Cc2[c-]cccc2)c(C)c1.[Cl][Pd+].[Cl][Pd+]. The van der Waals surface area contributed by atoms with Crippen LogP contribution in [0.4, 0.5) is 11.4 Å². The van der Waals surface area contributed by atoms with Gasteiger partial charge < -0.3 is 9.98 Å². The van der Waals surface area contributed by atoms with Crippen LogP contribution in [0.15, 0.2) is 82.8 Å². The summed E-state index contributed by atoms with van der Waals surface area (Å²) in [5, 5.41) is 0. The third kappa shape index (κ3) is 11.9. The van der Waals surface area contributed by atoms with E-state index < -0.39 is 0 Å². The Labute approximate surface area is 258 Å². The summed E-state index contributed by atoms with van der Waals surface area (Å²) >= 11 is 4.44. The van der Waals surface area contributed by atoms with E-state index in [1.165, 1.54) is 33.4 Å². The maximum atomic E-state index is 4.56. The molecule has 2 nitrogen and oxygen atoms in total. The van der Waals surface area contributed by atoms with Gasteiger partial charge in [0.2, 0.25) is 0 Å². The van der Waals surface area contributed by atoms with E-state index in [2.05, 4.69) is 143 Å². The molecule has 0 aliphatic carbocycles. The van der Waals surface area contributed by atoms with Crippen LogP contribution in [0.5, 0.6) is 0 Å². The number of halogens is 2. The molecule has 0 amide bonds. The normalized spacial score (nSPS) is 10.2. The van der Waals surface area contributed by atoms with Crippen LogP contribution >= 0.6 is 19.1 Å². The summed E-state index contributed by atoms with van der Waals surface area (Å²) in [7, 11) is 8.98. The first kappa shape index (κ1) is 34.2. The number of aryl methyl sites for hydroxylation is 6. The third-order valence-electron chi connectivity index (χ3n) is 5.40. The van der Waals surface area contributed by atoms with Gasteiger partial charge >= 0.3 is 55.4 Å². The second-order valence-electron chi connectivity index (χ2n) is 8.65. The zero-order chi connectivity index (χ0) is 28.5. The van der Waals surface area contributed by atoms with E-state index in [1.807, 2.05) is 61.0 Å².